The van der Waals surface area contributed by atoms with Crippen LogP contribution >= 0.6 is 11.3 Å². The lowest BCUT2D eigenvalue weighted by atomic mass is 9.65. The molecule has 1 aromatic heterocycles. The normalized spacial score (nSPS) is 21.3. The third-order valence-electron chi connectivity index (χ3n) is 5.48. The van der Waals surface area contributed by atoms with E-state index in [9.17, 15) is 4.79 Å². The maximum absolute atomic E-state index is 13.3. The lowest BCUT2D eigenvalue weighted by molar-refractivity contribution is 0.0953. The van der Waals surface area contributed by atoms with Gasteiger partial charge in [0.05, 0.1) is 4.88 Å². The van der Waals surface area contributed by atoms with E-state index >= 15 is 0 Å². The van der Waals surface area contributed by atoms with Crippen molar-refractivity contribution in [2.75, 3.05) is 4.90 Å². The highest BCUT2D eigenvalue weighted by Crippen LogP contribution is 2.50. The fourth-order valence-electron chi connectivity index (χ4n) is 4.46. The molecule has 0 saturated heterocycles. The Morgan fingerprint density at radius 2 is 1.62 bits per heavy atom. The number of carbonyl (C=O) groups is 1. The third-order valence-corrected chi connectivity index (χ3v) is 6.33. The van der Waals surface area contributed by atoms with Crippen LogP contribution in [0.4, 0.5) is 5.69 Å². The summed E-state index contributed by atoms with van der Waals surface area (Å²) in [6.07, 6.45) is 0.873. The number of rotatable bonds is 2. The zero-order chi connectivity index (χ0) is 18.4. The van der Waals surface area contributed by atoms with Crippen LogP contribution in [0.5, 0.6) is 0 Å². The van der Waals surface area contributed by atoms with E-state index in [2.05, 4.69) is 69.3 Å². The van der Waals surface area contributed by atoms with Gasteiger partial charge in [-0.2, -0.15) is 0 Å². The predicted octanol–water partition coefficient (Wildman–Crippen LogP) is 5.88. The molecule has 2 nitrogen and oxygen atoms in total. The first-order chi connectivity index (χ1) is 12.4. The average molecular weight is 362 g/mol. The maximum Gasteiger partial charge on any atom is 0.268 e. The highest BCUT2D eigenvalue weighted by molar-refractivity contribution is 7.12. The van der Waals surface area contributed by atoms with Gasteiger partial charge in [-0.15, -0.1) is 11.3 Å². The van der Waals surface area contributed by atoms with Crippen molar-refractivity contribution in [1.82, 2.24) is 0 Å². The summed E-state index contributed by atoms with van der Waals surface area (Å²) in [5.74, 6) is 0.0903. The van der Waals surface area contributed by atoms with Crippen LogP contribution in [0, 0.1) is 0 Å². The van der Waals surface area contributed by atoms with Gasteiger partial charge in [0.15, 0.2) is 0 Å². The summed E-state index contributed by atoms with van der Waals surface area (Å²) in [5.41, 5.74) is 3.11. The van der Waals surface area contributed by atoms with E-state index in [-0.39, 0.29) is 16.9 Å². The number of benzene rings is 2. The van der Waals surface area contributed by atoms with Crippen molar-refractivity contribution in [2.45, 2.75) is 38.1 Å². The number of amides is 1. The summed E-state index contributed by atoms with van der Waals surface area (Å²) in [7, 11) is 0. The van der Waals surface area contributed by atoms with E-state index in [1.165, 1.54) is 22.5 Å². The molecule has 1 aliphatic rings. The summed E-state index contributed by atoms with van der Waals surface area (Å²) in [6.45, 7) is 6.65. The van der Waals surface area contributed by atoms with E-state index < -0.39 is 0 Å². The highest BCUT2D eigenvalue weighted by atomic mass is 32.1. The predicted molar refractivity (Wildman–Crippen MR) is 109 cm³/mol. The van der Waals surface area contributed by atoms with Crippen molar-refractivity contribution in [3.05, 3.63) is 88.1 Å². The Kier molecular flexibility index (Phi) is 4.00. The molecule has 0 spiro atoms. The van der Waals surface area contributed by atoms with E-state index in [4.69, 9.17) is 0 Å². The molecule has 2 aromatic carbocycles. The molecule has 1 amide bonds. The fourth-order valence-corrected chi connectivity index (χ4v) is 5.11. The van der Waals surface area contributed by atoms with E-state index in [1.54, 1.807) is 0 Å². The number of hydrogen-bond acceptors (Lipinski definition) is 2. The Morgan fingerprint density at radius 3 is 2.31 bits per heavy atom. The van der Waals surface area contributed by atoms with Crippen molar-refractivity contribution in [2.24, 2.45) is 0 Å². The average Bonchev–Trinajstić information content (AvgIpc) is 3.16. The number of hydrogen-bond donors (Lipinski definition) is 0. The molecule has 132 valence electrons. The molecule has 3 aromatic rings. The van der Waals surface area contributed by atoms with Crippen LogP contribution in [0.25, 0.3) is 0 Å². The van der Waals surface area contributed by atoms with Crippen molar-refractivity contribution in [3.63, 3.8) is 0 Å². The SMILES string of the molecule is CC1(c2ccccc2)CC(C)(C)N(C(=O)c2cccs2)c2ccccc21. The van der Waals surface area contributed by atoms with Gasteiger partial charge in [-0.1, -0.05) is 61.5 Å². The summed E-state index contributed by atoms with van der Waals surface area (Å²) in [4.78, 5) is 16.1. The van der Waals surface area contributed by atoms with E-state index in [1.807, 2.05) is 28.5 Å². The zero-order valence-electron chi connectivity index (χ0n) is 15.4. The quantitative estimate of drug-likeness (QED) is 0.558. The smallest absolute Gasteiger partial charge is 0.268 e. The third kappa shape index (κ3) is 2.58. The molecule has 1 atom stereocenters. The Labute approximate surface area is 159 Å². The highest BCUT2D eigenvalue weighted by Gasteiger charge is 2.47. The molecule has 0 fully saturated rings. The number of nitrogens with zero attached hydrogens (tertiary/aromatic N) is 1. The van der Waals surface area contributed by atoms with Gasteiger partial charge < -0.3 is 4.90 Å². The van der Waals surface area contributed by atoms with Gasteiger partial charge in [-0.3, -0.25) is 4.79 Å². The molecule has 0 radical (unpaired) electrons. The molecule has 2 heterocycles. The van der Waals surface area contributed by atoms with Gasteiger partial charge >= 0.3 is 0 Å². The van der Waals surface area contributed by atoms with Crippen molar-refractivity contribution in [1.29, 1.82) is 0 Å². The number of fused-ring (bicyclic) bond motifs is 1. The summed E-state index contributed by atoms with van der Waals surface area (Å²) < 4.78 is 0. The van der Waals surface area contributed by atoms with Crippen LogP contribution in [0.3, 0.4) is 0 Å². The molecule has 1 unspecified atom stereocenters. The van der Waals surface area contributed by atoms with Crippen LogP contribution < -0.4 is 4.90 Å². The van der Waals surface area contributed by atoms with Gasteiger partial charge in [-0.25, -0.2) is 0 Å². The fraction of sp³-hybridized carbons (Fsp3) is 0.261. The molecular formula is C23H23NOS. The van der Waals surface area contributed by atoms with Crippen molar-refractivity contribution in [3.8, 4) is 0 Å². The zero-order valence-corrected chi connectivity index (χ0v) is 16.2. The number of thiophene rings is 1. The first kappa shape index (κ1) is 17.0. The second kappa shape index (κ2) is 6.10. The van der Waals surface area contributed by atoms with Crippen LogP contribution in [0.15, 0.2) is 72.1 Å². The van der Waals surface area contributed by atoms with E-state index in [0.29, 0.717) is 0 Å². The Bertz CT molecular complexity index is 930. The minimum absolute atomic E-state index is 0.0903. The standard InChI is InChI=1S/C23H23NOS/c1-22(2)16-23(3,17-10-5-4-6-11-17)18-12-7-8-13-19(18)24(22)21(25)20-14-9-15-26-20/h4-15H,16H2,1-3H3. The molecule has 0 N–H and O–H groups in total. The first-order valence-corrected chi connectivity index (χ1v) is 9.84. The van der Waals surface area contributed by atoms with Gasteiger partial charge in [0.25, 0.3) is 5.91 Å². The van der Waals surface area contributed by atoms with Crippen LogP contribution in [0.1, 0.15) is 48.0 Å². The summed E-state index contributed by atoms with van der Waals surface area (Å²) >= 11 is 1.51. The Balaban J connectivity index is 1.91. The van der Waals surface area contributed by atoms with Crippen molar-refractivity contribution < 1.29 is 4.79 Å². The molecular weight excluding hydrogens is 338 g/mol. The van der Waals surface area contributed by atoms with E-state index in [0.717, 1.165) is 17.0 Å². The second-order valence-corrected chi connectivity index (χ2v) is 8.77. The Morgan fingerprint density at radius 1 is 0.923 bits per heavy atom. The molecule has 3 heteroatoms. The lowest BCUT2D eigenvalue weighted by Crippen LogP contribution is -2.55. The van der Waals surface area contributed by atoms with Gasteiger partial charge in [0, 0.05) is 16.6 Å². The molecule has 0 bridgehead atoms. The molecule has 26 heavy (non-hydrogen) atoms. The lowest BCUT2D eigenvalue weighted by Gasteiger charge is -2.51. The minimum Gasteiger partial charge on any atom is -0.302 e. The van der Waals surface area contributed by atoms with Gasteiger partial charge in [-0.05, 0) is 48.9 Å². The van der Waals surface area contributed by atoms with Gasteiger partial charge in [0.2, 0.25) is 0 Å². The first-order valence-electron chi connectivity index (χ1n) is 8.97. The van der Waals surface area contributed by atoms with Crippen LogP contribution in [-0.2, 0) is 5.41 Å². The number of anilines is 1. The van der Waals surface area contributed by atoms with Crippen LogP contribution in [-0.4, -0.2) is 11.4 Å². The molecule has 0 saturated carbocycles. The van der Waals surface area contributed by atoms with Gasteiger partial charge in [0.1, 0.15) is 0 Å². The number of carbonyl (C=O) groups excluding carboxylic acids is 1. The topological polar surface area (TPSA) is 20.3 Å². The monoisotopic (exact) mass is 361 g/mol. The maximum atomic E-state index is 13.3. The van der Waals surface area contributed by atoms with Crippen molar-refractivity contribution >= 4 is 22.9 Å². The molecule has 0 aliphatic carbocycles. The second-order valence-electron chi connectivity index (χ2n) is 7.82. The number of para-hydroxylation sites is 1. The molecule has 4 rings (SSSR count). The largest absolute Gasteiger partial charge is 0.302 e. The summed E-state index contributed by atoms with van der Waals surface area (Å²) in [6, 6.07) is 22.9. The van der Waals surface area contributed by atoms with Crippen LogP contribution in [0.2, 0.25) is 0 Å². The minimum atomic E-state index is -0.292. The summed E-state index contributed by atoms with van der Waals surface area (Å²) in [5, 5.41) is 1.96. The Hall–Kier alpha value is -2.39. The molecule has 1 aliphatic heterocycles.